The van der Waals surface area contributed by atoms with Crippen molar-refractivity contribution in [2.75, 3.05) is 0 Å². The molecule has 0 aliphatic carbocycles. The van der Waals surface area contributed by atoms with Crippen LogP contribution in [0.2, 0.25) is 0 Å². The summed E-state index contributed by atoms with van der Waals surface area (Å²) in [7, 11) is 0. The predicted molar refractivity (Wildman–Crippen MR) is 41.8 cm³/mol. The number of halogens is 1. The van der Waals surface area contributed by atoms with Crippen molar-refractivity contribution < 1.29 is 19.8 Å². The van der Waals surface area contributed by atoms with Gasteiger partial charge in [-0.15, -0.1) is 0 Å². The van der Waals surface area contributed by atoms with Crippen molar-refractivity contribution in [1.29, 1.82) is 0 Å². The minimum Gasteiger partial charge on any atom is -0.481 e. The molecule has 64 valence electrons. The van der Waals surface area contributed by atoms with Crippen LogP contribution >= 0.6 is 15.9 Å². The highest BCUT2D eigenvalue weighted by molar-refractivity contribution is 9.09. The number of alkyl halides is 1. The number of hydrogen-bond donors (Lipinski definition) is 2. The number of aliphatic carboxylic acids is 2. The second-order valence-corrected chi connectivity index (χ2v) is 3.42. The van der Waals surface area contributed by atoms with Crippen molar-refractivity contribution in [2.45, 2.75) is 24.1 Å². The highest BCUT2D eigenvalue weighted by atomic mass is 79.9. The van der Waals surface area contributed by atoms with E-state index in [0.717, 1.165) is 0 Å². The van der Waals surface area contributed by atoms with E-state index in [1.807, 2.05) is 0 Å². The number of carboxylic acids is 2. The van der Waals surface area contributed by atoms with Gasteiger partial charge in [0.1, 0.15) is 0 Å². The van der Waals surface area contributed by atoms with Crippen LogP contribution in [0.1, 0.15) is 19.3 Å². The first-order chi connectivity index (χ1) is 5.02. The molecule has 0 aliphatic rings. The van der Waals surface area contributed by atoms with Crippen molar-refractivity contribution in [3.8, 4) is 0 Å². The number of carbonyl (C=O) groups is 2. The first-order valence-electron chi connectivity index (χ1n) is 3.10. The van der Waals surface area contributed by atoms with Crippen LogP contribution in [-0.4, -0.2) is 27.0 Å². The summed E-state index contributed by atoms with van der Waals surface area (Å²) in [6, 6.07) is 0. The van der Waals surface area contributed by atoms with Crippen LogP contribution in [0.25, 0.3) is 0 Å². The van der Waals surface area contributed by atoms with Gasteiger partial charge in [-0.2, -0.15) is 0 Å². The zero-order chi connectivity index (χ0) is 8.85. The van der Waals surface area contributed by atoms with Gasteiger partial charge >= 0.3 is 11.9 Å². The van der Waals surface area contributed by atoms with E-state index in [9.17, 15) is 9.59 Å². The summed E-state index contributed by atoms with van der Waals surface area (Å²) < 4.78 is 0. The van der Waals surface area contributed by atoms with Gasteiger partial charge < -0.3 is 10.2 Å². The van der Waals surface area contributed by atoms with E-state index in [-0.39, 0.29) is 17.7 Å². The fraction of sp³-hybridized carbons (Fsp3) is 0.667. The van der Waals surface area contributed by atoms with Crippen LogP contribution in [0.15, 0.2) is 0 Å². The highest BCUT2D eigenvalue weighted by Crippen LogP contribution is 2.11. The summed E-state index contributed by atoms with van der Waals surface area (Å²) in [4.78, 5) is 19.9. The molecule has 0 amide bonds. The summed E-state index contributed by atoms with van der Waals surface area (Å²) in [5.74, 6) is -1.82. The maximum atomic E-state index is 10.1. The maximum absolute atomic E-state index is 10.1. The quantitative estimate of drug-likeness (QED) is 0.686. The Kier molecular flexibility index (Phi) is 4.85. The first-order valence-corrected chi connectivity index (χ1v) is 4.01. The van der Waals surface area contributed by atoms with Gasteiger partial charge in [-0.3, -0.25) is 9.59 Å². The molecular formula is C6H9BrO4. The molecule has 0 aromatic rings. The lowest BCUT2D eigenvalue weighted by atomic mass is 10.2. The van der Waals surface area contributed by atoms with Crippen molar-refractivity contribution in [3.63, 3.8) is 0 Å². The van der Waals surface area contributed by atoms with Gasteiger partial charge in [-0.1, -0.05) is 15.9 Å². The Balaban J connectivity index is 3.44. The third-order valence-corrected chi connectivity index (χ3v) is 1.85. The Bertz CT molecular complexity index is 157. The zero-order valence-electron chi connectivity index (χ0n) is 5.79. The highest BCUT2D eigenvalue weighted by Gasteiger charge is 2.10. The molecule has 0 fully saturated rings. The molecule has 0 saturated heterocycles. The molecule has 0 rings (SSSR count). The summed E-state index contributed by atoms with van der Waals surface area (Å²) in [5.41, 5.74) is 0. The number of hydrogen-bond acceptors (Lipinski definition) is 2. The average Bonchev–Trinajstić information content (AvgIpc) is 1.82. The van der Waals surface area contributed by atoms with Gasteiger partial charge in [0.2, 0.25) is 0 Å². The van der Waals surface area contributed by atoms with Crippen LogP contribution in [0.3, 0.4) is 0 Å². The molecule has 0 spiro atoms. The fourth-order valence-electron chi connectivity index (χ4n) is 0.572. The Morgan fingerprint density at radius 3 is 2.18 bits per heavy atom. The van der Waals surface area contributed by atoms with E-state index in [4.69, 9.17) is 10.2 Å². The van der Waals surface area contributed by atoms with E-state index in [0.29, 0.717) is 6.42 Å². The summed E-state index contributed by atoms with van der Waals surface area (Å²) >= 11 is 3.06. The average molecular weight is 225 g/mol. The second-order valence-electron chi connectivity index (χ2n) is 2.13. The molecule has 11 heavy (non-hydrogen) atoms. The van der Waals surface area contributed by atoms with Crippen molar-refractivity contribution in [3.05, 3.63) is 0 Å². The summed E-state index contributed by atoms with van der Waals surface area (Å²) in [5, 5.41) is 16.5. The molecular weight excluding hydrogens is 216 g/mol. The molecule has 0 aromatic carbocycles. The van der Waals surface area contributed by atoms with Crippen molar-refractivity contribution >= 4 is 27.9 Å². The lowest BCUT2D eigenvalue weighted by molar-refractivity contribution is -0.139. The van der Waals surface area contributed by atoms with Gasteiger partial charge in [0.25, 0.3) is 0 Å². The SMILES string of the molecule is O=C(O)CC[C@@H](Br)CC(=O)O. The third kappa shape index (κ3) is 7.32. The topological polar surface area (TPSA) is 74.6 Å². The minimum absolute atomic E-state index is 0.00317. The summed E-state index contributed by atoms with van der Waals surface area (Å²) in [6.45, 7) is 0. The van der Waals surface area contributed by atoms with Gasteiger partial charge in [0, 0.05) is 11.2 Å². The van der Waals surface area contributed by atoms with E-state index < -0.39 is 11.9 Å². The standard InChI is InChI=1S/C6H9BrO4/c7-4(3-6(10)11)1-2-5(8)9/h4H,1-3H2,(H,8,9)(H,10,11)/t4-/m1/s1. The molecule has 0 radical (unpaired) electrons. The molecule has 1 atom stereocenters. The van der Waals surface area contributed by atoms with E-state index >= 15 is 0 Å². The van der Waals surface area contributed by atoms with Gasteiger partial charge in [0.05, 0.1) is 6.42 Å². The number of carboxylic acid groups (broad SMARTS) is 2. The zero-order valence-corrected chi connectivity index (χ0v) is 7.37. The van der Waals surface area contributed by atoms with Gasteiger partial charge in [-0.05, 0) is 6.42 Å². The molecule has 4 nitrogen and oxygen atoms in total. The van der Waals surface area contributed by atoms with Gasteiger partial charge in [0.15, 0.2) is 0 Å². The Morgan fingerprint density at radius 2 is 1.82 bits per heavy atom. The molecule has 5 heteroatoms. The van der Waals surface area contributed by atoms with Crippen LogP contribution in [-0.2, 0) is 9.59 Å². The first kappa shape index (κ1) is 10.4. The lowest BCUT2D eigenvalue weighted by Crippen LogP contribution is -2.08. The normalized spacial score (nSPS) is 12.5. The molecule has 0 heterocycles. The maximum Gasteiger partial charge on any atom is 0.304 e. The lowest BCUT2D eigenvalue weighted by Gasteiger charge is -2.02. The van der Waals surface area contributed by atoms with Crippen molar-refractivity contribution in [1.82, 2.24) is 0 Å². The van der Waals surface area contributed by atoms with Crippen molar-refractivity contribution in [2.24, 2.45) is 0 Å². The molecule has 0 saturated carbocycles. The summed E-state index contributed by atoms with van der Waals surface area (Å²) in [6.07, 6.45) is 0.318. The molecule has 0 unspecified atom stereocenters. The Morgan fingerprint density at radius 1 is 1.27 bits per heavy atom. The Hall–Kier alpha value is -0.580. The predicted octanol–water partition coefficient (Wildman–Crippen LogP) is 1.09. The fourth-order valence-corrected chi connectivity index (χ4v) is 1.08. The molecule has 0 aliphatic heterocycles. The van der Waals surface area contributed by atoms with Gasteiger partial charge in [-0.25, -0.2) is 0 Å². The second kappa shape index (κ2) is 5.12. The van der Waals surface area contributed by atoms with Crippen LogP contribution < -0.4 is 0 Å². The largest absolute Gasteiger partial charge is 0.481 e. The molecule has 2 N–H and O–H groups in total. The monoisotopic (exact) mass is 224 g/mol. The number of rotatable bonds is 5. The van der Waals surface area contributed by atoms with Crippen LogP contribution in [0, 0.1) is 0 Å². The van der Waals surface area contributed by atoms with E-state index in [1.54, 1.807) is 0 Å². The Labute approximate surface area is 72.3 Å². The third-order valence-electron chi connectivity index (χ3n) is 1.07. The van der Waals surface area contributed by atoms with E-state index in [1.165, 1.54) is 0 Å². The molecule has 0 aromatic heterocycles. The van der Waals surface area contributed by atoms with Crippen LogP contribution in [0.5, 0.6) is 0 Å². The smallest absolute Gasteiger partial charge is 0.304 e. The molecule has 0 bridgehead atoms. The van der Waals surface area contributed by atoms with E-state index in [2.05, 4.69) is 15.9 Å². The minimum atomic E-state index is -0.919. The van der Waals surface area contributed by atoms with Crippen LogP contribution in [0.4, 0.5) is 0 Å².